The van der Waals surface area contributed by atoms with Gasteiger partial charge in [-0.1, -0.05) is 0 Å². The molecule has 0 aliphatic heterocycles. The number of aromatic nitrogens is 4. The highest BCUT2D eigenvalue weighted by Crippen LogP contribution is 2.27. The molecule has 0 aromatic carbocycles. The average molecular weight is 402 g/mol. The lowest BCUT2D eigenvalue weighted by Crippen LogP contribution is -2.51. The van der Waals surface area contributed by atoms with Crippen LogP contribution in [0, 0.1) is 0 Å². The van der Waals surface area contributed by atoms with Gasteiger partial charge in [-0.15, -0.1) is 0 Å². The van der Waals surface area contributed by atoms with Crippen LogP contribution in [0.25, 0.3) is 11.2 Å². The van der Waals surface area contributed by atoms with Gasteiger partial charge >= 0.3 is 11.8 Å². The Labute approximate surface area is 134 Å². The summed E-state index contributed by atoms with van der Waals surface area (Å²) in [6.45, 7) is -1.14. The lowest BCUT2D eigenvalue weighted by Gasteiger charge is -2.24. The molecule has 0 aliphatic carbocycles. The molecule has 0 amide bonds. The summed E-state index contributed by atoms with van der Waals surface area (Å²) >= 11 is 8.58. The minimum Gasteiger partial charge on any atom is -0.394 e. The average Bonchev–Trinajstić information content (AvgIpc) is 2.88. The van der Waals surface area contributed by atoms with Gasteiger partial charge in [-0.05, 0) is 27.5 Å². The van der Waals surface area contributed by atoms with Crippen LogP contribution in [-0.2, 0) is 0 Å². The summed E-state index contributed by atoms with van der Waals surface area (Å²) in [7, 11) is 0. The summed E-state index contributed by atoms with van der Waals surface area (Å²) in [5.41, 5.74) is -0.298. The quantitative estimate of drug-likeness (QED) is 0.495. The molecule has 12 heteroatoms. The summed E-state index contributed by atoms with van der Waals surface area (Å²) in [6.07, 6.45) is -4.24. The first-order valence-corrected chi connectivity index (χ1v) is 6.83. The fourth-order valence-electron chi connectivity index (χ4n) is 1.62. The van der Waals surface area contributed by atoms with E-state index < -0.39 is 30.6 Å². The predicted molar refractivity (Wildman–Crippen MR) is 72.7 cm³/mol. The van der Waals surface area contributed by atoms with Crippen molar-refractivity contribution in [3.8, 4) is 0 Å². The van der Waals surface area contributed by atoms with Gasteiger partial charge in [0.15, 0.2) is 11.8 Å². The van der Waals surface area contributed by atoms with E-state index in [1.165, 1.54) is 0 Å². The molecule has 22 heavy (non-hydrogen) atoms. The molecular formula is C10H8BrClF2N4O4. The zero-order valence-electron chi connectivity index (χ0n) is 10.5. The van der Waals surface area contributed by atoms with E-state index in [0.717, 1.165) is 6.33 Å². The van der Waals surface area contributed by atoms with Crippen LogP contribution in [0.15, 0.2) is 10.9 Å². The monoisotopic (exact) mass is 400 g/mol. The maximum Gasteiger partial charge on any atom is 0.353 e. The number of carbonyl (C=O) groups is 1. The number of carbonyl (C=O) groups excluding carboxylic acids is 1. The molecule has 0 radical (unpaired) electrons. The zero-order valence-corrected chi connectivity index (χ0v) is 12.8. The molecule has 2 rings (SSSR count). The highest BCUT2D eigenvalue weighted by Gasteiger charge is 2.51. The van der Waals surface area contributed by atoms with Gasteiger partial charge in [0.1, 0.15) is 22.6 Å². The van der Waals surface area contributed by atoms with Crippen molar-refractivity contribution in [3.63, 3.8) is 0 Å². The predicted octanol–water partition coefficient (Wildman–Crippen LogP) is 0.232. The second-order valence-corrected chi connectivity index (χ2v) is 5.28. The van der Waals surface area contributed by atoms with E-state index in [4.69, 9.17) is 21.8 Å². The molecular weight excluding hydrogens is 393 g/mol. The summed E-state index contributed by atoms with van der Waals surface area (Å²) in [4.78, 5) is 22.9. The van der Waals surface area contributed by atoms with Crippen LogP contribution in [-0.4, -0.2) is 65.5 Å². The Kier molecular flexibility index (Phi) is 4.73. The van der Waals surface area contributed by atoms with Crippen molar-refractivity contribution in [3.05, 3.63) is 16.2 Å². The van der Waals surface area contributed by atoms with E-state index in [1.807, 2.05) is 0 Å². The van der Waals surface area contributed by atoms with Crippen LogP contribution < -0.4 is 0 Å². The van der Waals surface area contributed by atoms with Gasteiger partial charge in [0, 0.05) is 0 Å². The Bertz CT molecular complexity index is 728. The van der Waals surface area contributed by atoms with Gasteiger partial charge < -0.3 is 15.3 Å². The van der Waals surface area contributed by atoms with Gasteiger partial charge in [-0.25, -0.2) is 14.5 Å². The molecule has 0 spiro atoms. The fraction of sp³-hybridized carbons (Fsp3) is 0.400. The van der Waals surface area contributed by atoms with Crippen LogP contribution in [0.5, 0.6) is 0 Å². The van der Waals surface area contributed by atoms with Crippen molar-refractivity contribution in [1.29, 1.82) is 0 Å². The molecule has 2 heterocycles. The fourth-order valence-corrected chi connectivity index (χ4v) is 2.33. The Morgan fingerprint density at radius 1 is 1.45 bits per heavy atom. The van der Waals surface area contributed by atoms with Crippen molar-refractivity contribution in [2.24, 2.45) is 0 Å². The largest absolute Gasteiger partial charge is 0.394 e. The van der Waals surface area contributed by atoms with Crippen LogP contribution in [0.1, 0.15) is 4.79 Å². The summed E-state index contributed by atoms with van der Waals surface area (Å²) in [6, 6.07) is 0. The van der Waals surface area contributed by atoms with Crippen LogP contribution in [0.3, 0.4) is 0 Å². The number of aliphatic hydroxyl groups is 3. The normalized spacial score (nSPS) is 15.0. The topological polar surface area (TPSA) is 121 Å². The smallest absolute Gasteiger partial charge is 0.353 e. The molecule has 2 atom stereocenters. The van der Waals surface area contributed by atoms with Crippen molar-refractivity contribution in [2.75, 3.05) is 6.61 Å². The minimum atomic E-state index is -4.39. The number of halogens is 4. The molecule has 0 saturated heterocycles. The van der Waals surface area contributed by atoms with Crippen LogP contribution in [0.2, 0.25) is 5.28 Å². The third kappa shape index (κ3) is 2.82. The van der Waals surface area contributed by atoms with Gasteiger partial charge in [0.2, 0.25) is 5.28 Å². The van der Waals surface area contributed by atoms with E-state index in [0.29, 0.717) is 4.57 Å². The molecule has 2 aromatic rings. The maximum atomic E-state index is 13.9. The first-order chi connectivity index (χ1) is 10.2. The second-order valence-electron chi connectivity index (χ2n) is 4.19. The number of rotatable bonds is 4. The SMILES string of the molecule is O=C(n1cnc2c(Br)nc(Cl)nc21)C(F)(F)[C@H](O)[C@H](O)CO. The molecule has 0 bridgehead atoms. The maximum absolute atomic E-state index is 13.9. The molecule has 2 aromatic heterocycles. The number of fused-ring (bicyclic) bond motifs is 1. The van der Waals surface area contributed by atoms with Crippen LogP contribution in [0.4, 0.5) is 8.78 Å². The molecule has 8 nitrogen and oxygen atoms in total. The number of imidazole rings is 1. The standard InChI is InChI=1S/C10H8BrClF2N4O4/c11-6-4-7(17-9(12)16-6)18(2-15-4)8(22)10(13,14)5(21)3(20)1-19/h2-3,5,19-21H,1H2/t3-,5-/m1/s1. The lowest BCUT2D eigenvalue weighted by molar-refractivity contribution is -0.136. The van der Waals surface area contributed by atoms with E-state index in [-0.39, 0.29) is 21.1 Å². The Morgan fingerprint density at radius 2 is 2.09 bits per heavy atom. The van der Waals surface area contributed by atoms with Gasteiger partial charge in [-0.2, -0.15) is 13.8 Å². The minimum absolute atomic E-state index is 0.00532. The highest BCUT2D eigenvalue weighted by molar-refractivity contribution is 9.10. The number of hydrogen-bond acceptors (Lipinski definition) is 7. The first kappa shape index (κ1) is 17.1. The lowest BCUT2D eigenvalue weighted by atomic mass is 10.1. The van der Waals surface area contributed by atoms with Gasteiger partial charge in [-0.3, -0.25) is 4.79 Å². The molecule has 0 aliphatic rings. The van der Waals surface area contributed by atoms with Crippen LogP contribution >= 0.6 is 27.5 Å². The Morgan fingerprint density at radius 3 is 2.68 bits per heavy atom. The molecule has 0 fully saturated rings. The van der Waals surface area contributed by atoms with Crippen molar-refractivity contribution >= 4 is 44.6 Å². The molecule has 120 valence electrons. The summed E-state index contributed by atoms with van der Waals surface area (Å²) in [5.74, 6) is -6.28. The van der Waals surface area contributed by atoms with E-state index >= 15 is 0 Å². The van der Waals surface area contributed by atoms with E-state index in [9.17, 15) is 18.7 Å². The van der Waals surface area contributed by atoms with E-state index in [1.54, 1.807) is 0 Å². The first-order valence-electron chi connectivity index (χ1n) is 5.65. The molecule has 3 N–H and O–H groups in total. The zero-order chi connectivity index (χ0) is 16.7. The number of aliphatic hydroxyl groups excluding tert-OH is 3. The third-order valence-corrected chi connectivity index (χ3v) is 3.48. The highest BCUT2D eigenvalue weighted by atomic mass is 79.9. The van der Waals surface area contributed by atoms with E-state index in [2.05, 4.69) is 30.9 Å². The Hall–Kier alpha value is -1.27. The van der Waals surface area contributed by atoms with Crippen molar-refractivity contribution in [2.45, 2.75) is 18.1 Å². The summed E-state index contributed by atoms with van der Waals surface area (Å²) < 4.78 is 28.3. The number of nitrogens with zero attached hydrogens (tertiary/aromatic N) is 4. The second kappa shape index (κ2) is 6.08. The van der Waals surface area contributed by atoms with Gasteiger partial charge in [0.05, 0.1) is 6.61 Å². The van der Waals surface area contributed by atoms with Crippen molar-refractivity contribution < 1.29 is 28.9 Å². The number of alkyl halides is 2. The molecule has 0 saturated carbocycles. The number of hydrogen-bond donors (Lipinski definition) is 3. The van der Waals surface area contributed by atoms with Crippen molar-refractivity contribution in [1.82, 2.24) is 19.5 Å². The summed E-state index contributed by atoms with van der Waals surface area (Å²) in [5, 5.41) is 26.7. The Balaban J connectivity index is 2.50. The van der Waals surface area contributed by atoms with Gasteiger partial charge in [0.25, 0.3) is 0 Å². The third-order valence-electron chi connectivity index (χ3n) is 2.75. The molecule has 0 unspecified atom stereocenters.